The molecule has 6 rings (SSSR count). The Labute approximate surface area is 212 Å². The van der Waals surface area contributed by atoms with Crippen LogP contribution in [0.5, 0.6) is 11.5 Å². The van der Waals surface area contributed by atoms with Crippen LogP contribution in [0.3, 0.4) is 0 Å². The van der Waals surface area contributed by atoms with Crippen molar-refractivity contribution < 1.29 is 9.47 Å². The van der Waals surface area contributed by atoms with E-state index in [-0.39, 0.29) is 11.1 Å². The number of nitrogens with one attached hydrogen (secondary N) is 2. The van der Waals surface area contributed by atoms with E-state index in [2.05, 4.69) is 19.9 Å². The van der Waals surface area contributed by atoms with Crippen LogP contribution in [0.1, 0.15) is 28.9 Å². The van der Waals surface area contributed by atoms with Crippen molar-refractivity contribution in [2.45, 2.75) is 30.8 Å². The standard InChI is InChI=1S/C14H14N2O2.C13H12N2O2S/c1-18-12-8-3-2-5-10(12)13-15-11-7-4-6-9(11)14(17)16-13;1-17-11-5-3-2-4-8(11)12-14-10-7-18-6-9(10)13(16)15-12/h2-3,5,8H,4,6-7H2,1H3,(H,15,16,17);2-5H,6-7H2,1H3,(H,14,15,16). The number of fused-ring (bicyclic) bond motifs is 2. The minimum Gasteiger partial charge on any atom is -0.496 e. The quantitative estimate of drug-likeness (QED) is 0.432. The molecule has 0 fully saturated rings. The first-order valence-electron chi connectivity index (χ1n) is 11.7. The Balaban J connectivity index is 0.000000148. The van der Waals surface area contributed by atoms with Gasteiger partial charge in [-0.15, -0.1) is 0 Å². The van der Waals surface area contributed by atoms with Gasteiger partial charge in [0.1, 0.15) is 23.1 Å². The van der Waals surface area contributed by atoms with Crippen LogP contribution < -0.4 is 20.6 Å². The normalized spacial score (nSPS) is 13.4. The first-order valence-corrected chi connectivity index (χ1v) is 12.8. The Morgan fingerprint density at radius 1 is 0.722 bits per heavy atom. The average molecular weight is 503 g/mol. The average Bonchev–Trinajstić information content (AvgIpc) is 3.59. The largest absolute Gasteiger partial charge is 0.496 e. The molecule has 2 aromatic heterocycles. The molecule has 1 aliphatic heterocycles. The molecule has 0 saturated heterocycles. The predicted molar refractivity (Wildman–Crippen MR) is 141 cm³/mol. The summed E-state index contributed by atoms with van der Waals surface area (Å²) < 4.78 is 10.6. The second-order valence-electron chi connectivity index (χ2n) is 8.43. The Morgan fingerprint density at radius 2 is 1.28 bits per heavy atom. The van der Waals surface area contributed by atoms with Gasteiger partial charge in [-0.25, -0.2) is 9.97 Å². The van der Waals surface area contributed by atoms with E-state index in [0.29, 0.717) is 17.4 Å². The van der Waals surface area contributed by atoms with E-state index in [9.17, 15) is 9.59 Å². The number of aryl methyl sites for hydroxylation is 1. The lowest BCUT2D eigenvalue weighted by Gasteiger charge is -2.08. The molecular weight excluding hydrogens is 476 g/mol. The van der Waals surface area contributed by atoms with Crippen molar-refractivity contribution in [3.63, 3.8) is 0 Å². The minimum absolute atomic E-state index is 0.0154. The number of benzene rings is 2. The number of aromatic nitrogens is 4. The monoisotopic (exact) mass is 502 g/mol. The van der Waals surface area contributed by atoms with Crippen molar-refractivity contribution in [2.75, 3.05) is 14.2 Å². The second kappa shape index (κ2) is 10.4. The molecule has 1 aliphatic carbocycles. The summed E-state index contributed by atoms with van der Waals surface area (Å²) in [5, 5.41) is 0. The van der Waals surface area contributed by atoms with E-state index in [0.717, 1.165) is 70.2 Å². The molecule has 8 nitrogen and oxygen atoms in total. The van der Waals surface area contributed by atoms with Gasteiger partial charge in [-0.3, -0.25) is 9.59 Å². The summed E-state index contributed by atoms with van der Waals surface area (Å²) in [7, 11) is 3.23. The molecule has 0 unspecified atom stereocenters. The number of para-hydroxylation sites is 2. The van der Waals surface area contributed by atoms with Crippen molar-refractivity contribution in [1.29, 1.82) is 0 Å². The van der Waals surface area contributed by atoms with Crippen molar-refractivity contribution >= 4 is 11.8 Å². The van der Waals surface area contributed by atoms with Gasteiger partial charge in [-0.2, -0.15) is 11.8 Å². The highest BCUT2D eigenvalue weighted by molar-refractivity contribution is 7.98. The molecule has 9 heteroatoms. The van der Waals surface area contributed by atoms with Gasteiger partial charge in [0.25, 0.3) is 11.1 Å². The van der Waals surface area contributed by atoms with Crippen molar-refractivity contribution in [3.05, 3.63) is 91.8 Å². The molecule has 2 aromatic carbocycles. The number of ether oxygens (including phenoxy) is 2. The summed E-state index contributed by atoms with van der Waals surface area (Å²) in [5.74, 6) is 4.17. The Hall–Kier alpha value is -3.85. The zero-order valence-corrected chi connectivity index (χ0v) is 20.9. The zero-order chi connectivity index (χ0) is 25.1. The number of methoxy groups -OCH3 is 2. The Morgan fingerprint density at radius 3 is 1.89 bits per heavy atom. The van der Waals surface area contributed by atoms with E-state index in [4.69, 9.17) is 9.47 Å². The summed E-state index contributed by atoms with van der Waals surface area (Å²) in [6.07, 6.45) is 2.74. The van der Waals surface area contributed by atoms with Crippen molar-refractivity contribution in [1.82, 2.24) is 19.9 Å². The summed E-state index contributed by atoms with van der Waals surface area (Å²) in [6, 6.07) is 15.1. The fraction of sp³-hybridized carbons (Fsp3) is 0.259. The third-order valence-electron chi connectivity index (χ3n) is 6.25. The molecule has 4 aromatic rings. The molecule has 184 valence electrons. The van der Waals surface area contributed by atoms with Crippen LogP contribution in [0.25, 0.3) is 22.8 Å². The highest BCUT2D eigenvalue weighted by Gasteiger charge is 2.20. The van der Waals surface area contributed by atoms with Gasteiger partial charge in [0.2, 0.25) is 0 Å². The fourth-order valence-electron chi connectivity index (χ4n) is 4.44. The van der Waals surface area contributed by atoms with Gasteiger partial charge in [0.05, 0.1) is 36.7 Å². The molecule has 0 bridgehead atoms. The molecule has 2 N–H and O–H groups in total. The van der Waals surface area contributed by atoms with E-state index in [1.54, 1.807) is 26.0 Å². The first-order chi connectivity index (χ1) is 17.6. The third kappa shape index (κ3) is 4.66. The minimum atomic E-state index is -0.0362. The molecule has 2 aliphatic rings. The van der Waals surface area contributed by atoms with Gasteiger partial charge in [-0.1, -0.05) is 24.3 Å². The third-order valence-corrected chi connectivity index (χ3v) is 7.22. The maximum atomic E-state index is 12.0. The molecule has 3 heterocycles. The summed E-state index contributed by atoms with van der Waals surface area (Å²) >= 11 is 1.72. The number of H-pyrrole nitrogens is 2. The van der Waals surface area contributed by atoms with E-state index in [1.165, 1.54) is 0 Å². The fourth-order valence-corrected chi connectivity index (χ4v) is 5.48. The SMILES string of the molecule is COc1ccccc1-c1nc2c(c(=O)[nH]1)CCC2.COc1ccccc1-c1nc2c(c(=O)[nH]1)CSC2. The van der Waals surface area contributed by atoms with Gasteiger partial charge >= 0.3 is 0 Å². The Bertz CT molecular complexity index is 1410. The molecule has 0 saturated carbocycles. The highest BCUT2D eigenvalue weighted by Crippen LogP contribution is 2.30. The number of thioether (sulfide) groups is 1. The number of hydrogen-bond acceptors (Lipinski definition) is 7. The number of aromatic amines is 2. The van der Waals surface area contributed by atoms with E-state index < -0.39 is 0 Å². The number of rotatable bonds is 4. The van der Waals surface area contributed by atoms with E-state index >= 15 is 0 Å². The summed E-state index contributed by atoms with van der Waals surface area (Å²) in [6.45, 7) is 0. The van der Waals surface area contributed by atoms with Crippen LogP contribution in [-0.2, 0) is 24.3 Å². The molecule has 36 heavy (non-hydrogen) atoms. The van der Waals surface area contributed by atoms with Gasteiger partial charge < -0.3 is 19.4 Å². The zero-order valence-electron chi connectivity index (χ0n) is 20.1. The topological polar surface area (TPSA) is 110 Å². The van der Waals surface area contributed by atoms with Crippen LogP contribution >= 0.6 is 11.8 Å². The lowest BCUT2D eigenvalue weighted by atomic mass is 10.1. The highest BCUT2D eigenvalue weighted by atomic mass is 32.2. The second-order valence-corrected chi connectivity index (χ2v) is 9.41. The maximum absolute atomic E-state index is 12.0. The van der Waals surface area contributed by atoms with Crippen LogP contribution in [0, 0.1) is 0 Å². The van der Waals surface area contributed by atoms with Crippen molar-refractivity contribution in [3.8, 4) is 34.3 Å². The molecule has 0 radical (unpaired) electrons. The van der Waals surface area contributed by atoms with Gasteiger partial charge in [-0.05, 0) is 43.5 Å². The van der Waals surface area contributed by atoms with Crippen LogP contribution in [0.2, 0.25) is 0 Å². The predicted octanol–water partition coefficient (Wildman–Crippen LogP) is 4.13. The first kappa shape index (κ1) is 23.9. The Kier molecular flexibility index (Phi) is 6.90. The molecule has 0 amide bonds. The van der Waals surface area contributed by atoms with Crippen LogP contribution in [0.15, 0.2) is 58.1 Å². The summed E-state index contributed by atoms with van der Waals surface area (Å²) in [4.78, 5) is 38.7. The van der Waals surface area contributed by atoms with Gasteiger partial charge in [0.15, 0.2) is 0 Å². The molecule has 0 spiro atoms. The van der Waals surface area contributed by atoms with Gasteiger partial charge in [0, 0.05) is 22.6 Å². The van der Waals surface area contributed by atoms with E-state index in [1.807, 2.05) is 48.5 Å². The van der Waals surface area contributed by atoms with Crippen molar-refractivity contribution in [2.24, 2.45) is 0 Å². The molecular formula is C27H26N4O4S. The smallest absolute Gasteiger partial charge is 0.255 e. The lowest BCUT2D eigenvalue weighted by Crippen LogP contribution is -2.15. The summed E-state index contributed by atoms with van der Waals surface area (Å²) in [5.41, 5.74) is 5.06. The van der Waals surface area contributed by atoms with Crippen LogP contribution in [0.4, 0.5) is 0 Å². The number of hydrogen-bond donors (Lipinski definition) is 2. The lowest BCUT2D eigenvalue weighted by molar-refractivity contribution is 0.416. The maximum Gasteiger partial charge on any atom is 0.255 e. The van der Waals surface area contributed by atoms with Crippen LogP contribution in [-0.4, -0.2) is 34.2 Å². The number of nitrogens with zero attached hydrogens (tertiary/aromatic N) is 2. The molecule has 0 atom stereocenters.